The van der Waals surface area contributed by atoms with Gasteiger partial charge in [-0.25, -0.2) is 0 Å². The van der Waals surface area contributed by atoms with Crippen molar-refractivity contribution in [2.24, 2.45) is 0 Å². The standard InChI is InChI=1S/C22H24BrNO4/c23-18-10-8-16(9-11-18)17-14-20(22(26)24-19-6-2-1-3-7-19)28-21(15-17)27-13-5-4-12-25/h1-3,6-11,14,17,21,25H,4-5,12-13,15H2,(H,24,26)/t17-,21+/m1/s1. The predicted octanol–water partition coefficient (Wildman–Crippen LogP) is 4.59. The number of anilines is 1. The first-order valence-electron chi connectivity index (χ1n) is 9.38. The number of amides is 1. The van der Waals surface area contributed by atoms with Crippen LogP contribution in [0.1, 0.15) is 30.7 Å². The minimum Gasteiger partial charge on any atom is -0.459 e. The van der Waals surface area contributed by atoms with E-state index in [2.05, 4.69) is 21.2 Å². The molecule has 1 amide bonds. The van der Waals surface area contributed by atoms with E-state index in [0.717, 1.165) is 16.5 Å². The summed E-state index contributed by atoms with van der Waals surface area (Å²) in [6.07, 6.45) is 3.40. The average Bonchev–Trinajstić information content (AvgIpc) is 2.72. The second-order valence-electron chi connectivity index (χ2n) is 6.59. The zero-order chi connectivity index (χ0) is 19.8. The number of carbonyl (C=O) groups excluding carboxylic acids is 1. The summed E-state index contributed by atoms with van der Waals surface area (Å²) in [5.41, 5.74) is 1.81. The van der Waals surface area contributed by atoms with Gasteiger partial charge in [-0.3, -0.25) is 4.79 Å². The molecule has 3 rings (SSSR count). The molecule has 1 aliphatic heterocycles. The maximum atomic E-state index is 12.7. The van der Waals surface area contributed by atoms with Crippen LogP contribution in [0.25, 0.3) is 0 Å². The molecule has 0 radical (unpaired) electrons. The molecule has 2 atom stereocenters. The molecule has 5 nitrogen and oxygen atoms in total. The predicted molar refractivity (Wildman–Crippen MR) is 112 cm³/mol. The van der Waals surface area contributed by atoms with E-state index >= 15 is 0 Å². The van der Waals surface area contributed by atoms with Gasteiger partial charge in [0.2, 0.25) is 6.29 Å². The van der Waals surface area contributed by atoms with E-state index in [1.165, 1.54) is 0 Å². The summed E-state index contributed by atoms with van der Waals surface area (Å²) in [5.74, 6) is -0.0200. The third-order valence-electron chi connectivity index (χ3n) is 4.47. The lowest BCUT2D eigenvalue weighted by atomic mass is 9.93. The first-order chi connectivity index (χ1) is 13.7. The molecule has 0 aromatic heterocycles. The molecule has 0 bridgehead atoms. The summed E-state index contributed by atoms with van der Waals surface area (Å²) in [5, 5.41) is 11.8. The Morgan fingerprint density at radius 1 is 1.14 bits per heavy atom. The highest BCUT2D eigenvalue weighted by Gasteiger charge is 2.28. The molecule has 0 aliphatic carbocycles. The van der Waals surface area contributed by atoms with Crippen LogP contribution in [0.3, 0.4) is 0 Å². The normalized spacial score (nSPS) is 18.9. The lowest BCUT2D eigenvalue weighted by molar-refractivity contribution is -0.143. The molecule has 0 spiro atoms. The van der Waals surface area contributed by atoms with Gasteiger partial charge >= 0.3 is 0 Å². The van der Waals surface area contributed by atoms with Gasteiger partial charge < -0.3 is 19.9 Å². The molecule has 0 saturated carbocycles. The van der Waals surface area contributed by atoms with Gasteiger partial charge in [-0.05, 0) is 48.7 Å². The van der Waals surface area contributed by atoms with Crippen molar-refractivity contribution in [3.8, 4) is 0 Å². The van der Waals surface area contributed by atoms with Gasteiger partial charge in [0.05, 0.1) is 6.61 Å². The van der Waals surface area contributed by atoms with Crippen LogP contribution in [0.5, 0.6) is 0 Å². The van der Waals surface area contributed by atoms with Crippen LogP contribution < -0.4 is 5.32 Å². The van der Waals surface area contributed by atoms with E-state index in [9.17, 15) is 4.79 Å². The first-order valence-corrected chi connectivity index (χ1v) is 10.2. The number of ether oxygens (including phenoxy) is 2. The fourth-order valence-electron chi connectivity index (χ4n) is 3.00. The van der Waals surface area contributed by atoms with Crippen LogP contribution in [0.2, 0.25) is 0 Å². The number of allylic oxidation sites excluding steroid dienone is 1. The molecular formula is C22H24BrNO4. The van der Waals surface area contributed by atoms with Crippen LogP contribution >= 0.6 is 15.9 Å². The number of aliphatic hydroxyl groups excluding tert-OH is 1. The number of rotatable bonds is 8. The van der Waals surface area contributed by atoms with Crippen molar-refractivity contribution >= 4 is 27.5 Å². The number of para-hydroxylation sites is 1. The molecule has 1 heterocycles. The Balaban J connectivity index is 1.74. The quantitative estimate of drug-likeness (QED) is 0.582. The van der Waals surface area contributed by atoms with Gasteiger partial charge in [-0.2, -0.15) is 0 Å². The molecule has 1 aliphatic rings. The van der Waals surface area contributed by atoms with E-state index in [1.54, 1.807) is 0 Å². The molecule has 2 aromatic rings. The highest BCUT2D eigenvalue weighted by molar-refractivity contribution is 9.10. The second-order valence-corrected chi connectivity index (χ2v) is 7.51. The molecule has 6 heteroatoms. The van der Waals surface area contributed by atoms with E-state index < -0.39 is 6.29 Å². The Morgan fingerprint density at radius 3 is 2.61 bits per heavy atom. The SMILES string of the molecule is O=C(Nc1ccccc1)C1=C[C@@H](c2ccc(Br)cc2)C[C@@H](OCCCCO)O1. The minimum absolute atomic E-state index is 0.0150. The Hall–Kier alpha value is -2.15. The van der Waals surface area contributed by atoms with E-state index in [1.807, 2.05) is 60.7 Å². The monoisotopic (exact) mass is 445 g/mol. The summed E-state index contributed by atoms with van der Waals surface area (Å²) < 4.78 is 12.7. The molecule has 0 saturated heterocycles. The maximum Gasteiger partial charge on any atom is 0.290 e. The van der Waals surface area contributed by atoms with Crippen LogP contribution in [0, 0.1) is 0 Å². The number of carbonyl (C=O) groups is 1. The van der Waals surface area contributed by atoms with Gasteiger partial charge in [-0.1, -0.05) is 46.3 Å². The maximum absolute atomic E-state index is 12.7. The molecule has 0 fully saturated rings. The molecule has 148 valence electrons. The van der Waals surface area contributed by atoms with Gasteiger partial charge in [0.1, 0.15) is 0 Å². The van der Waals surface area contributed by atoms with E-state index in [-0.39, 0.29) is 24.2 Å². The van der Waals surface area contributed by atoms with Crippen LogP contribution in [-0.2, 0) is 14.3 Å². The number of hydrogen-bond donors (Lipinski definition) is 2. The number of nitrogens with one attached hydrogen (secondary N) is 1. The third-order valence-corrected chi connectivity index (χ3v) is 5.00. The fraction of sp³-hybridized carbons (Fsp3) is 0.318. The number of benzene rings is 2. The molecule has 28 heavy (non-hydrogen) atoms. The summed E-state index contributed by atoms with van der Waals surface area (Å²) in [4.78, 5) is 12.7. The Bertz CT molecular complexity index is 792. The van der Waals surface area contributed by atoms with Crippen molar-refractivity contribution in [1.29, 1.82) is 0 Å². The molecule has 2 aromatic carbocycles. The number of unbranched alkanes of at least 4 members (excludes halogenated alkanes) is 1. The lowest BCUT2D eigenvalue weighted by Gasteiger charge is -2.29. The summed E-state index contributed by atoms with van der Waals surface area (Å²) >= 11 is 3.45. The summed E-state index contributed by atoms with van der Waals surface area (Å²) in [7, 11) is 0. The Morgan fingerprint density at radius 2 is 1.89 bits per heavy atom. The molecule has 2 N–H and O–H groups in total. The second kappa shape index (κ2) is 10.4. The Kier molecular flexibility index (Phi) is 7.65. The van der Waals surface area contributed by atoms with Crippen LogP contribution in [0.15, 0.2) is 70.9 Å². The van der Waals surface area contributed by atoms with Gasteiger partial charge in [0, 0.05) is 29.1 Å². The minimum atomic E-state index is -0.506. The van der Waals surface area contributed by atoms with Crippen molar-refractivity contribution in [3.63, 3.8) is 0 Å². The summed E-state index contributed by atoms with van der Waals surface area (Å²) in [6, 6.07) is 17.3. The van der Waals surface area contributed by atoms with Crippen LogP contribution in [-0.4, -0.2) is 30.5 Å². The molecular weight excluding hydrogens is 422 g/mol. The van der Waals surface area contributed by atoms with Gasteiger partial charge in [0.25, 0.3) is 5.91 Å². The number of halogens is 1. The third kappa shape index (κ3) is 5.92. The average molecular weight is 446 g/mol. The van der Waals surface area contributed by atoms with Crippen molar-refractivity contribution in [3.05, 3.63) is 76.5 Å². The first kappa shape index (κ1) is 20.6. The molecule has 0 unspecified atom stereocenters. The van der Waals surface area contributed by atoms with E-state index in [0.29, 0.717) is 25.1 Å². The van der Waals surface area contributed by atoms with Crippen molar-refractivity contribution < 1.29 is 19.4 Å². The zero-order valence-electron chi connectivity index (χ0n) is 15.5. The smallest absolute Gasteiger partial charge is 0.290 e. The van der Waals surface area contributed by atoms with Gasteiger partial charge in [-0.15, -0.1) is 0 Å². The van der Waals surface area contributed by atoms with Crippen molar-refractivity contribution in [2.45, 2.75) is 31.5 Å². The zero-order valence-corrected chi connectivity index (χ0v) is 17.1. The van der Waals surface area contributed by atoms with Crippen molar-refractivity contribution in [1.82, 2.24) is 0 Å². The lowest BCUT2D eigenvalue weighted by Crippen LogP contribution is -2.29. The highest BCUT2D eigenvalue weighted by atomic mass is 79.9. The Labute approximate surface area is 173 Å². The largest absolute Gasteiger partial charge is 0.459 e. The number of aliphatic hydroxyl groups is 1. The fourth-order valence-corrected chi connectivity index (χ4v) is 3.27. The van der Waals surface area contributed by atoms with E-state index in [4.69, 9.17) is 14.6 Å². The van der Waals surface area contributed by atoms with Crippen molar-refractivity contribution in [2.75, 3.05) is 18.5 Å². The summed E-state index contributed by atoms with van der Waals surface area (Å²) in [6.45, 7) is 0.618. The topological polar surface area (TPSA) is 67.8 Å². The van der Waals surface area contributed by atoms with Gasteiger partial charge in [0.15, 0.2) is 5.76 Å². The number of hydrogen-bond acceptors (Lipinski definition) is 4. The van der Waals surface area contributed by atoms with Crippen LogP contribution in [0.4, 0.5) is 5.69 Å². The highest BCUT2D eigenvalue weighted by Crippen LogP contribution is 2.32.